The Hall–Kier alpha value is -3.67. The smallest absolute Gasteiger partial charge is 0.337 e. The molecule has 1 amide bonds. The fraction of sp³-hybridized carbons (Fsp3) is 0.174. The second-order valence-corrected chi connectivity index (χ2v) is 6.50. The number of ether oxygens (including phenoxy) is 1. The number of carbonyl (C=O) groups is 2. The minimum Gasteiger partial charge on any atom is -0.465 e. The number of pyridine rings is 1. The van der Waals surface area contributed by atoms with Crippen molar-refractivity contribution in [1.82, 2.24) is 10.3 Å². The summed E-state index contributed by atoms with van der Waals surface area (Å²) in [6.07, 6.45) is 4.93. The number of nitrogens with zero attached hydrogens (tertiary/aromatic N) is 1. The van der Waals surface area contributed by atoms with E-state index in [1.807, 2.05) is 24.3 Å². The highest BCUT2D eigenvalue weighted by Gasteiger charge is 2.09. The van der Waals surface area contributed by atoms with Gasteiger partial charge in [-0.05, 0) is 42.7 Å². The van der Waals surface area contributed by atoms with Crippen LogP contribution in [0, 0.1) is 0 Å². The van der Waals surface area contributed by atoms with Crippen molar-refractivity contribution in [2.45, 2.75) is 12.8 Å². The van der Waals surface area contributed by atoms with Crippen molar-refractivity contribution in [3.05, 3.63) is 89.7 Å². The third kappa shape index (κ3) is 5.90. The first kappa shape index (κ1) is 20.1. The molecule has 6 nitrogen and oxygen atoms in total. The van der Waals surface area contributed by atoms with Gasteiger partial charge in [0, 0.05) is 18.4 Å². The maximum absolute atomic E-state index is 12.4. The zero-order valence-corrected chi connectivity index (χ0v) is 16.2. The predicted octanol–water partition coefficient (Wildman–Crippen LogP) is 3.97. The minimum atomic E-state index is -0.407. The molecule has 0 aliphatic heterocycles. The zero-order chi connectivity index (χ0) is 20.5. The second-order valence-electron chi connectivity index (χ2n) is 6.50. The van der Waals surface area contributed by atoms with Crippen LogP contribution in [-0.2, 0) is 11.2 Å². The molecule has 0 radical (unpaired) electrons. The summed E-state index contributed by atoms with van der Waals surface area (Å²) in [7, 11) is 1.34. The summed E-state index contributed by atoms with van der Waals surface area (Å²) in [4.78, 5) is 28.2. The number of esters is 1. The SMILES string of the molecule is COC(=O)c1cccc(Nc2cncc(C(=O)NCCCc3ccccc3)c2)c1. The van der Waals surface area contributed by atoms with Gasteiger partial charge in [-0.15, -0.1) is 0 Å². The molecule has 1 aromatic heterocycles. The third-order valence-electron chi connectivity index (χ3n) is 4.34. The molecule has 3 aromatic rings. The lowest BCUT2D eigenvalue weighted by Crippen LogP contribution is -2.25. The van der Waals surface area contributed by atoms with Crippen molar-refractivity contribution in [2.24, 2.45) is 0 Å². The third-order valence-corrected chi connectivity index (χ3v) is 4.34. The van der Waals surface area contributed by atoms with E-state index in [4.69, 9.17) is 4.74 Å². The number of benzene rings is 2. The van der Waals surface area contributed by atoms with Crippen molar-refractivity contribution in [2.75, 3.05) is 19.0 Å². The van der Waals surface area contributed by atoms with Gasteiger partial charge < -0.3 is 15.4 Å². The van der Waals surface area contributed by atoms with Crippen molar-refractivity contribution in [3.8, 4) is 0 Å². The van der Waals surface area contributed by atoms with Crippen molar-refractivity contribution in [1.29, 1.82) is 0 Å². The summed E-state index contributed by atoms with van der Waals surface area (Å²) in [5, 5.41) is 6.08. The maximum atomic E-state index is 12.4. The van der Waals surface area contributed by atoms with E-state index in [1.54, 1.807) is 30.5 Å². The van der Waals surface area contributed by atoms with Crippen LogP contribution >= 0.6 is 0 Å². The van der Waals surface area contributed by atoms with Crippen LogP contribution in [-0.4, -0.2) is 30.5 Å². The van der Waals surface area contributed by atoms with Gasteiger partial charge in [0.1, 0.15) is 0 Å². The predicted molar refractivity (Wildman–Crippen MR) is 112 cm³/mol. The van der Waals surface area contributed by atoms with Crippen molar-refractivity contribution < 1.29 is 14.3 Å². The average molecular weight is 389 g/mol. The summed E-state index contributed by atoms with van der Waals surface area (Å²) in [6, 6.07) is 18.8. The van der Waals surface area contributed by atoms with Gasteiger partial charge in [0.05, 0.1) is 30.1 Å². The van der Waals surface area contributed by atoms with Gasteiger partial charge in [-0.3, -0.25) is 9.78 Å². The molecule has 0 unspecified atom stereocenters. The molecule has 148 valence electrons. The molecule has 0 aliphatic carbocycles. The number of anilines is 2. The lowest BCUT2D eigenvalue weighted by molar-refractivity contribution is 0.0600. The highest BCUT2D eigenvalue weighted by atomic mass is 16.5. The lowest BCUT2D eigenvalue weighted by atomic mass is 10.1. The molecule has 2 aromatic carbocycles. The zero-order valence-electron chi connectivity index (χ0n) is 16.2. The molecule has 29 heavy (non-hydrogen) atoms. The molecule has 0 aliphatic rings. The fourth-order valence-corrected chi connectivity index (χ4v) is 2.88. The molecule has 3 rings (SSSR count). The van der Waals surface area contributed by atoms with E-state index in [1.165, 1.54) is 18.9 Å². The number of carbonyl (C=O) groups excluding carboxylic acids is 2. The second kappa shape index (κ2) is 10.0. The van der Waals surface area contributed by atoms with Crippen LogP contribution in [0.3, 0.4) is 0 Å². The molecule has 1 heterocycles. The number of aromatic nitrogens is 1. The van der Waals surface area contributed by atoms with Crippen LogP contribution in [0.1, 0.15) is 32.7 Å². The summed E-state index contributed by atoms with van der Waals surface area (Å²) >= 11 is 0. The van der Waals surface area contributed by atoms with Crippen LogP contribution in [0.15, 0.2) is 73.1 Å². The quantitative estimate of drug-likeness (QED) is 0.450. The van der Waals surface area contributed by atoms with E-state index in [-0.39, 0.29) is 5.91 Å². The minimum absolute atomic E-state index is 0.169. The van der Waals surface area contributed by atoms with E-state index < -0.39 is 5.97 Å². The molecule has 0 fully saturated rings. The Labute approximate surface area is 169 Å². The normalized spacial score (nSPS) is 10.2. The van der Waals surface area contributed by atoms with E-state index in [0.29, 0.717) is 29.0 Å². The van der Waals surface area contributed by atoms with Crippen LogP contribution in [0.5, 0.6) is 0 Å². The first-order valence-electron chi connectivity index (χ1n) is 9.38. The van der Waals surface area contributed by atoms with Gasteiger partial charge in [0.15, 0.2) is 0 Å². The average Bonchev–Trinajstić information content (AvgIpc) is 2.77. The topological polar surface area (TPSA) is 80.3 Å². The molecule has 0 atom stereocenters. The standard InChI is InChI=1S/C23H23N3O3/c1-29-23(28)18-10-5-11-20(13-18)26-21-14-19(15-24-16-21)22(27)25-12-6-9-17-7-3-2-4-8-17/h2-5,7-8,10-11,13-16,26H,6,9,12H2,1H3,(H,25,27). The molecule has 0 bridgehead atoms. The Balaban J connectivity index is 1.56. The summed E-state index contributed by atoms with van der Waals surface area (Å²) in [6.45, 7) is 0.590. The molecular formula is C23H23N3O3. The Bertz CT molecular complexity index is 974. The molecule has 0 saturated carbocycles. The number of nitrogens with one attached hydrogen (secondary N) is 2. The number of amides is 1. The number of aryl methyl sites for hydroxylation is 1. The largest absolute Gasteiger partial charge is 0.465 e. The van der Waals surface area contributed by atoms with Crippen molar-refractivity contribution >= 4 is 23.3 Å². The van der Waals surface area contributed by atoms with Crippen LogP contribution in [0.4, 0.5) is 11.4 Å². The first-order chi connectivity index (χ1) is 14.2. The van der Waals surface area contributed by atoms with Gasteiger partial charge in [-0.2, -0.15) is 0 Å². The Morgan fingerprint density at radius 1 is 0.931 bits per heavy atom. The van der Waals surface area contributed by atoms with Crippen LogP contribution < -0.4 is 10.6 Å². The molecular weight excluding hydrogens is 366 g/mol. The first-order valence-corrected chi connectivity index (χ1v) is 9.38. The van der Waals surface area contributed by atoms with Gasteiger partial charge in [-0.25, -0.2) is 4.79 Å². The van der Waals surface area contributed by atoms with Crippen LogP contribution in [0.2, 0.25) is 0 Å². The number of methoxy groups -OCH3 is 1. The number of hydrogen-bond acceptors (Lipinski definition) is 5. The van der Waals surface area contributed by atoms with E-state index >= 15 is 0 Å². The fourth-order valence-electron chi connectivity index (χ4n) is 2.88. The lowest BCUT2D eigenvalue weighted by Gasteiger charge is -2.10. The molecule has 0 saturated heterocycles. The van der Waals surface area contributed by atoms with Crippen molar-refractivity contribution in [3.63, 3.8) is 0 Å². The van der Waals surface area contributed by atoms with Gasteiger partial charge in [0.2, 0.25) is 0 Å². The Kier molecular flexibility index (Phi) is 6.95. The molecule has 6 heteroatoms. The van der Waals surface area contributed by atoms with Crippen LogP contribution in [0.25, 0.3) is 0 Å². The van der Waals surface area contributed by atoms with Gasteiger partial charge in [-0.1, -0.05) is 36.4 Å². The molecule has 2 N–H and O–H groups in total. The monoisotopic (exact) mass is 389 g/mol. The summed E-state index contributed by atoms with van der Waals surface area (Å²) in [5.74, 6) is -0.576. The summed E-state index contributed by atoms with van der Waals surface area (Å²) in [5.41, 5.74) is 3.53. The van der Waals surface area contributed by atoms with E-state index in [0.717, 1.165) is 12.8 Å². The van der Waals surface area contributed by atoms with E-state index in [9.17, 15) is 9.59 Å². The number of rotatable bonds is 8. The van der Waals surface area contributed by atoms with Gasteiger partial charge >= 0.3 is 5.97 Å². The Morgan fingerprint density at radius 3 is 2.52 bits per heavy atom. The highest BCUT2D eigenvalue weighted by Crippen LogP contribution is 2.18. The molecule has 0 spiro atoms. The van der Waals surface area contributed by atoms with E-state index in [2.05, 4.69) is 27.8 Å². The Morgan fingerprint density at radius 2 is 1.72 bits per heavy atom. The summed E-state index contributed by atoms with van der Waals surface area (Å²) < 4.78 is 4.73. The number of hydrogen-bond donors (Lipinski definition) is 2. The van der Waals surface area contributed by atoms with Gasteiger partial charge in [0.25, 0.3) is 5.91 Å². The highest BCUT2D eigenvalue weighted by molar-refractivity contribution is 5.95. The maximum Gasteiger partial charge on any atom is 0.337 e.